The third-order valence-corrected chi connectivity index (χ3v) is 12.0. The highest BCUT2D eigenvalue weighted by Crippen LogP contribution is 2.39. The first-order valence-corrected chi connectivity index (χ1v) is 20.0. The van der Waals surface area contributed by atoms with Crippen molar-refractivity contribution in [2.45, 2.75) is 108 Å². The number of rotatable bonds is 7. The Morgan fingerprint density at radius 1 is 1.04 bits per heavy atom. The molecule has 9 nitrogen and oxygen atoms in total. The number of aromatic hydroxyl groups is 1. The third-order valence-electron chi connectivity index (χ3n) is 12.0. The molecule has 5 N–H and O–H groups in total. The quantitative estimate of drug-likeness (QED) is 0.157. The number of aliphatic hydroxyl groups excluding tert-OH is 1. The average Bonchev–Trinajstić information content (AvgIpc) is 3.59. The Labute approximate surface area is 318 Å². The molecule has 284 valence electrons. The lowest BCUT2D eigenvalue weighted by atomic mass is 9.83. The van der Waals surface area contributed by atoms with Gasteiger partial charge < -0.3 is 40.2 Å². The molecule has 4 aliphatic rings. The Kier molecular flexibility index (Phi) is 10.8. The Hall–Kier alpha value is -4.57. The van der Waals surface area contributed by atoms with Crippen LogP contribution in [0.4, 0.5) is 0 Å². The first-order chi connectivity index (χ1) is 26.3. The van der Waals surface area contributed by atoms with Crippen LogP contribution in [0.25, 0.3) is 16.6 Å². The molecule has 3 aromatic carbocycles. The van der Waals surface area contributed by atoms with Crippen molar-refractivity contribution in [3.8, 4) is 11.5 Å². The van der Waals surface area contributed by atoms with Crippen molar-refractivity contribution >= 4 is 22.5 Å². The minimum Gasteiger partial charge on any atom is -0.504 e. The van der Waals surface area contributed by atoms with Gasteiger partial charge in [0, 0.05) is 54.2 Å². The van der Waals surface area contributed by atoms with Crippen molar-refractivity contribution in [1.82, 2.24) is 14.8 Å². The average molecular weight is 731 g/mol. The van der Waals surface area contributed by atoms with E-state index in [1.807, 2.05) is 41.3 Å². The number of nitrogens with zero attached hydrogens (tertiary/aromatic N) is 2. The van der Waals surface area contributed by atoms with Crippen LogP contribution in [0, 0.1) is 5.92 Å². The van der Waals surface area contributed by atoms with E-state index in [1.165, 1.54) is 0 Å². The number of fused-ring (bicyclic) bond motifs is 7. The second-order valence-corrected chi connectivity index (χ2v) is 15.7. The molecule has 54 heavy (non-hydrogen) atoms. The summed E-state index contributed by atoms with van der Waals surface area (Å²) < 4.78 is 15.6. The molecule has 0 aliphatic carbocycles. The molecule has 1 amide bonds. The van der Waals surface area contributed by atoms with Gasteiger partial charge in [-0.15, -0.1) is 0 Å². The lowest BCUT2D eigenvalue weighted by Gasteiger charge is -2.39. The molecule has 4 aliphatic heterocycles. The number of hydrogen-bond acceptors (Lipinski definition) is 7. The van der Waals surface area contributed by atoms with E-state index in [0.29, 0.717) is 37.4 Å². The van der Waals surface area contributed by atoms with Crippen LogP contribution in [0.2, 0.25) is 0 Å². The fourth-order valence-corrected chi connectivity index (χ4v) is 8.76. The SMILES string of the molecule is CCCCC1CCC2OC1CC(O)CCc1ccc(O)c(c1)OCc1cc(C(CC(=O)N3CCC3)c3ccccc3)cc3cn(cc13)C1=C2C=CC(N)N1. The highest BCUT2D eigenvalue weighted by Gasteiger charge is 2.35. The molecule has 6 bridgehead atoms. The summed E-state index contributed by atoms with van der Waals surface area (Å²) >= 11 is 0. The van der Waals surface area contributed by atoms with Crippen molar-refractivity contribution < 1.29 is 24.5 Å². The van der Waals surface area contributed by atoms with Crippen LogP contribution >= 0.6 is 0 Å². The molecule has 0 radical (unpaired) electrons. The lowest BCUT2D eigenvalue weighted by Crippen LogP contribution is -2.43. The first kappa shape index (κ1) is 36.4. The lowest BCUT2D eigenvalue weighted by molar-refractivity contribution is -0.134. The number of carbonyl (C=O) groups excluding carboxylic acids is 1. The molecular formula is C45H54N4O5. The highest BCUT2D eigenvalue weighted by molar-refractivity contribution is 5.88. The first-order valence-electron chi connectivity index (χ1n) is 20.0. The zero-order valence-electron chi connectivity index (χ0n) is 31.3. The summed E-state index contributed by atoms with van der Waals surface area (Å²) in [6.07, 6.45) is 15.8. The molecule has 0 spiro atoms. The Bertz CT molecular complexity index is 2020. The van der Waals surface area contributed by atoms with Gasteiger partial charge in [-0.3, -0.25) is 4.79 Å². The maximum atomic E-state index is 13.5. The van der Waals surface area contributed by atoms with E-state index < -0.39 is 6.10 Å². The fraction of sp³-hybridized carbons (Fsp3) is 0.444. The number of benzene rings is 3. The van der Waals surface area contributed by atoms with E-state index in [4.69, 9.17) is 15.2 Å². The van der Waals surface area contributed by atoms with Crippen LogP contribution < -0.4 is 15.8 Å². The summed E-state index contributed by atoms with van der Waals surface area (Å²) in [6, 6.07) is 20.1. The number of aliphatic hydroxyl groups is 1. The number of dihydropyridines is 1. The van der Waals surface area contributed by atoms with Crippen LogP contribution in [0.15, 0.2) is 90.8 Å². The summed E-state index contributed by atoms with van der Waals surface area (Å²) in [4.78, 5) is 15.5. The number of hydrogen-bond donors (Lipinski definition) is 4. The Morgan fingerprint density at radius 2 is 1.89 bits per heavy atom. The summed E-state index contributed by atoms with van der Waals surface area (Å²) in [6.45, 7) is 4.06. The third kappa shape index (κ3) is 7.81. The predicted molar refractivity (Wildman–Crippen MR) is 212 cm³/mol. The zero-order valence-corrected chi connectivity index (χ0v) is 31.3. The van der Waals surface area contributed by atoms with E-state index >= 15 is 0 Å². The standard InChI is InChI=1S/C45H54N4O5/c1-2-3-8-31-13-17-40-36-15-18-43(46)47-45(36)49-26-33-22-32(37(30-9-5-4-6-10-30)25-44(52)48-19-7-20-48)23-34(38(33)27-49)28-53-42-21-29(12-16-39(42)51)11-14-35(50)24-41(31)54-40/h4-6,9-10,12,15-16,18,21-23,26-27,31,35,37,40-41,43,47,50-51H,2-3,7-8,11,13-14,17,19-20,24-25,28,46H2,1H3. The normalized spacial score (nSPS) is 24.9. The van der Waals surface area contributed by atoms with Gasteiger partial charge in [0.1, 0.15) is 12.4 Å². The number of nitrogens with two attached hydrogens (primary N) is 1. The van der Waals surface area contributed by atoms with Gasteiger partial charge in [0.15, 0.2) is 11.5 Å². The number of aromatic nitrogens is 1. The van der Waals surface area contributed by atoms with E-state index in [9.17, 15) is 15.0 Å². The molecule has 6 unspecified atom stereocenters. The Morgan fingerprint density at radius 3 is 2.69 bits per heavy atom. The van der Waals surface area contributed by atoms with E-state index in [1.54, 1.807) is 6.07 Å². The minimum atomic E-state index is -0.523. The van der Waals surface area contributed by atoms with Crippen LogP contribution in [-0.2, 0) is 22.6 Å². The number of ether oxygens (including phenoxy) is 2. The van der Waals surface area contributed by atoms with E-state index in [-0.39, 0.29) is 42.6 Å². The van der Waals surface area contributed by atoms with Gasteiger partial charge in [-0.1, -0.05) is 68.3 Å². The van der Waals surface area contributed by atoms with Crippen LogP contribution in [-0.4, -0.2) is 63.2 Å². The van der Waals surface area contributed by atoms with Crippen LogP contribution in [0.5, 0.6) is 11.5 Å². The number of amides is 1. The molecule has 5 heterocycles. The minimum absolute atomic E-state index is 0.0626. The van der Waals surface area contributed by atoms with Gasteiger partial charge in [-0.2, -0.15) is 0 Å². The second-order valence-electron chi connectivity index (χ2n) is 15.7. The topological polar surface area (TPSA) is 122 Å². The van der Waals surface area contributed by atoms with Gasteiger partial charge in [0.2, 0.25) is 5.91 Å². The molecule has 4 aromatic rings. The second kappa shape index (κ2) is 16.0. The fourth-order valence-electron chi connectivity index (χ4n) is 8.76. The summed E-state index contributed by atoms with van der Waals surface area (Å²) in [5.41, 5.74) is 11.6. The van der Waals surface area contributed by atoms with Gasteiger partial charge in [-0.25, -0.2) is 0 Å². The van der Waals surface area contributed by atoms with Crippen molar-refractivity contribution in [2.75, 3.05) is 13.1 Å². The van der Waals surface area contributed by atoms with Crippen molar-refractivity contribution in [2.24, 2.45) is 11.7 Å². The maximum Gasteiger partial charge on any atom is 0.223 e. The zero-order chi connectivity index (χ0) is 37.2. The molecular weight excluding hydrogens is 677 g/mol. The van der Waals surface area contributed by atoms with Gasteiger partial charge >= 0.3 is 0 Å². The number of unbranched alkanes of at least 4 members (excludes halogenated alkanes) is 1. The smallest absolute Gasteiger partial charge is 0.223 e. The largest absolute Gasteiger partial charge is 0.504 e. The number of phenolic OH excluding ortho intramolecular Hbond substituents is 1. The van der Waals surface area contributed by atoms with Crippen LogP contribution in [0.1, 0.15) is 92.9 Å². The number of likely N-dealkylation sites (tertiary alicyclic amines) is 1. The van der Waals surface area contributed by atoms with Crippen molar-refractivity contribution in [1.29, 1.82) is 0 Å². The summed E-state index contributed by atoms with van der Waals surface area (Å²) in [5.74, 6) is 1.76. The van der Waals surface area contributed by atoms with Gasteiger partial charge in [-0.05, 0) is 97.4 Å². The number of phenols is 1. The summed E-state index contributed by atoms with van der Waals surface area (Å²) in [7, 11) is 0. The molecule has 1 aromatic heterocycles. The number of nitrogens with one attached hydrogen (secondary N) is 1. The summed E-state index contributed by atoms with van der Waals surface area (Å²) in [5, 5.41) is 27.9. The molecule has 0 saturated carbocycles. The molecule has 2 fully saturated rings. The van der Waals surface area contributed by atoms with Crippen molar-refractivity contribution in [3.63, 3.8) is 0 Å². The van der Waals surface area contributed by atoms with Crippen molar-refractivity contribution in [3.05, 3.63) is 113 Å². The van der Waals surface area contributed by atoms with Gasteiger partial charge in [0.05, 0.1) is 24.5 Å². The van der Waals surface area contributed by atoms with Gasteiger partial charge in [0.25, 0.3) is 0 Å². The number of aryl methyl sites for hydroxylation is 1. The maximum absolute atomic E-state index is 13.5. The monoisotopic (exact) mass is 730 g/mol. The van der Waals surface area contributed by atoms with E-state index in [0.717, 1.165) is 96.0 Å². The molecule has 8 rings (SSSR count). The van der Waals surface area contributed by atoms with E-state index in [2.05, 4.69) is 59.5 Å². The number of carbonyl (C=O) groups is 1. The Balaban J connectivity index is 1.25. The predicted octanol–water partition coefficient (Wildman–Crippen LogP) is 7.34. The molecule has 2 saturated heterocycles. The molecule has 9 heteroatoms. The highest BCUT2D eigenvalue weighted by atomic mass is 16.5. The molecule has 6 atom stereocenters. The van der Waals surface area contributed by atoms with Crippen LogP contribution in [0.3, 0.4) is 0 Å².